The summed E-state index contributed by atoms with van der Waals surface area (Å²) in [7, 11) is 1.60. The number of ether oxygens (including phenoxy) is 1. The number of carbonyl (C=O) groups excluding carboxylic acids is 2. The molecule has 1 aliphatic rings. The molecule has 1 atom stereocenters. The molecule has 0 aliphatic carbocycles. The standard InChI is InChI=1S/C17H24N2O3/c1-17(16(21)18-11-13-22-2)10-8-15(20)19(17)12-9-14-6-4-3-5-7-14/h3-7H,8-13H2,1-2H3,(H,18,21)/t17-/m0/s1. The molecule has 0 aromatic heterocycles. The van der Waals surface area contributed by atoms with Gasteiger partial charge in [-0.2, -0.15) is 0 Å². The molecule has 0 unspecified atom stereocenters. The lowest BCUT2D eigenvalue weighted by Crippen LogP contribution is -2.55. The SMILES string of the molecule is COCCNC(=O)[C@]1(C)CCC(=O)N1CCc1ccccc1. The molecule has 5 nitrogen and oxygen atoms in total. The number of nitrogens with one attached hydrogen (secondary N) is 1. The predicted molar refractivity (Wildman–Crippen MR) is 84.4 cm³/mol. The van der Waals surface area contributed by atoms with Crippen LogP contribution in [0.2, 0.25) is 0 Å². The van der Waals surface area contributed by atoms with Crippen molar-refractivity contribution < 1.29 is 14.3 Å². The van der Waals surface area contributed by atoms with E-state index in [2.05, 4.69) is 5.32 Å². The van der Waals surface area contributed by atoms with E-state index in [-0.39, 0.29) is 11.8 Å². The second-order valence-corrected chi connectivity index (χ2v) is 5.80. The monoisotopic (exact) mass is 304 g/mol. The van der Waals surface area contributed by atoms with Gasteiger partial charge in [-0.25, -0.2) is 0 Å². The van der Waals surface area contributed by atoms with Gasteiger partial charge >= 0.3 is 0 Å². The number of carbonyl (C=O) groups is 2. The van der Waals surface area contributed by atoms with E-state index < -0.39 is 5.54 Å². The Balaban J connectivity index is 2.00. The van der Waals surface area contributed by atoms with Crippen molar-refractivity contribution in [2.45, 2.75) is 31.7 Å². The Morgan fingerprint density at radius 2 is 2.09 bits per heavy atom. The van der Waals surface area contributed by atoms with E-state index in [1.165, 1.54) is 5.56 Å². The third-order valence-corrected chi connectivity index (χ3v) is 4.27. The minimum atomic E-state index is -0.750. The second-order valence-electron chi connectivity index (χ2n) is 5.80. The molecule has 0 spiro atoms. The maximum absolute atomic E-state index is 12.4. The fourth-order valence-electron chi connectivity index (χ4n) is 2.85. The Labute approximate surface area is 131 Å². The molecule has 0 radical (unpaired) electrons. The van der Waals surface area contributed by atoms with Crippen molar-refractivity contribution in [1.29, 1.82) is 0 Å². The van der Waals surface area contributed by atoms with Gasteiger partial charge in [0.1, 0.15) is 5.54 Å². The quantitative estimate of drug-likeness (QED) is 0.774. The highest BCUT2D eigenvalue weighted by Crippen LogP contribution is 2.30. The Kier molecular flexibility index (Phi) is 5.55. The molecular formula is C17H24N2O3. The Bertz CT molecular complexity index is 518. The van der Waals surface area contributed by atoms with Gasteiger partial charge in [-0.15, -0.1) is 0 Å². The minimum Gasteiger partial charge on any atom is -0.383 e. The van der Waals surface area contributed by atoms with E-state index in [4.69, 9.17) is 4.74 Å². The van der Waals surface area contributed by atoms with Crippen molar-refractivity contribution >= 4 is 11.8 Å². The highest BCUT2D eigenvalue weighted by molar-refractivity contribution is 5.94. The molecule has 1 fully saturated rings. The van der Waals surface area contributed by atoms with E-state index in [1.807, 2.05) is 37.3 Å². The average molecular weight is 304 g/mol. The number of hydrogen-bond donors (Lipinski definition) is 1. The molecule has 0 saturated carbocycles. The normalized spacial score (nSPS) is 21.2. The van der Waals surface area contributed by atoms with Crippen LogP contribution in [0.25, 0.3) is 0 Å². The lowest BCUT2D eigenvalue weighted by atomic mass is 9.97. The van der Waals surface area contributed by atoms with E-state index in [0.29, 0.717) is 32.5 Å². The first kappa shape index (κ1) is 16.5. The predicted octanol–water partition coefficient (Wildman–Crippen LogP) is 1.37. The number of likely N-dealkylation sites (tertiary alicyclic amines) is 1. The van der Waals surface area contributed by atoms with E-state index >= 15 is 0 Å². The third-order valence-electron chi connectivity index (χ3n) is 4.27. The van der Waals surface area contributed by atoms with Crippen LogP contribution in [0.15, 0.2) is 30.3 Å². The Morgan fingerprint density at radius 1 is 1.36 bits per heavy atom. The summed E-state index contributed by atoms with van der Waals surface area (Å²) < 4.78 is 4.95. The molecule has 0 bridgehead atoms. The van der Waals surface area contributed by atoms with Gasteiger partial charge in [-0.1, -0.05) is 30.3 Å². The van der Waals surface area contributed by atoms with Gasteiger partial charge in [0.05, 0.1) is 6.61 Å². The van der Waals surface area contributed by atoms with Crippen LogP contribution >= 0.6 is 0 Å². The molecule has 1 aliphatic heterocycles. The summed E-state index contributed by atoms with van der Waals surface area (Å²) in [6.07, 6.45) is 1.76. The molecule has 1 saturated heterocycles. The Hall–Kier alpha value is -1.88. The zero-order chi connectivity index (χ0) is 16.0. The first-order valence-corrected chi connectivity index (χ1v) is 7.69. The van der Waals surface area contributed by atoms with E-state index in [9.17, 15) is 9.59 Å². The van der Waals surface area contributed by atoms with Crippen LogP contribution < -0.4 is 5.32 Å². The largest absolute Gasteiger partial charge is 0.383 e. The maximum Gasteiger partial charge on any atom is 0.245 e. The fraction of sp³-hybridized carbons (Fsp3) is 0.529. The number of nitrogens with zero attached hydrogens (tertiary/aromatic N) is 1. The van der Waals surface area contributed by atoms with Crippen LogP contribution in [0.5, 0.6) is 0 Å². The van der Waals surface area contributed by atoms with Gasteiger partial charge in [0.15, 0.2) is 0 Å². The molecule has 22 heavy (non-hydrogen) atoms. The van der Waals surface area contributed by atoms with Crippen LogP contribution in [0, 0.1) is 0 Å². The van der Waals surface area contributed by atoms with Crippen LogP contribution in [-0.4, -0.2) is 49.1 Å². The molecule has 1 heterocycles. The van der Waals surface area contributed by atoms with E-state index in [1.54, 1.807) is 12.0 Å². The van der Waals surface area contributed by atoms with Crippen molar-refractivity contribution in [3.8, 4) is 0 Å². The fourth-order valence-corrected chi connectivity index (χ4v) is 2.85. The Morgan fingerprint density at radius 3 is 2.77 bits per heavy atom. The van der Waals surface area contributed by atoms with Crippen molar-refractivity contribution in [1.82, 2.24) is 10.2 Å². The summed E-state index contributed by atoms with van der Waals surface area (Å²) >= 11 is 0. The molecule has 2 amide bonds. The van der Waals surface area contributed by atoms with Gasteiger partial charge in [0.2, 0.25) is 11.8 Å². The van der Waals surface area contributed by atoms with Gasteiger partial charge < -0.3 is 15.0 Å². The van der Waals surface area contributed by atoms with Crippen LogP contribution in [-0.2, 0) is 20.7 Å². The van der Waals surface area contributed by atoms with Gasteiger partial charge in [-0.05, 0) is 25.3 Å². The van der Waals surface area contributed by atoms with Crippen molar-refractivity contribution in [2.75, 3.05) is 26.8 Å². The number of hydrogen-bond acceptors (Lipinski definition) is 3. The summed E-state index contributed by atoms with van der Waals surface area (Å²) in [6.45, 7) is 3.35. The van der Waals surface area contributed by atoms with Crippen LogP contribution in [0.3, 0.4) is 0 Å². The third kappa shape index (κ3) is 3.65. The number of rotatable bonds is 7. The summed E-state index contributed by atoms with van der Waals surface area (Å²) in [5, 5.41) is 2.86. The lowest BCUT2D eigenvalue weighted by Gasteiger charge is -2.34. The number of amides is 2. The van der Waals surface area contributed by atoms with Crippen LogP contribution in [0.4, 0.5) is 0 Å². The minimum absolute atomic E-state index is 0.0559. The first-order valence-electron chi connectivity index (χ1n) is 7.69. The number of benzene rings is 1. The summed E-state index contributed by atoms with van der Waals surface area (Å²) in [5.74, 6) is -0.0382. The zero-order valence-corrected chi connectivity index (χ0v) is 13.3. The summed E-state index contributed by atoms with van der Waals surface area (Å²) in [6, 6.07) is 10.0. The molecule has 1 N–H and O–H groups in total. The molecule has 2 rings (SSSR count). The maximum atomic E-state index is 12.4. The summed E-state index contributed by atoms with van der Waals surface area (Å²) in [5.41, 5.74) is 0.420. The highest BCUT2D eigenvalue weighted by Gasteiger charge is 2.46. The molecule has 1 aromatic rings. The van der Waals surface area contributed by atoms with E-state index in [0.717, 1.165) is 6.42 Å². The average Bonchev–Trinajstić information content (AvgIpc) is 2.83. The second kappa shape index (κ2) is 7.40. The van der Waals surface area contributed by atoms with Crippen molar-refractivity contribution in [3.63, 3.8) is 0 Å². The highest BCUT2D eigenvalue weighted by atomic mass is 16.5. The molecule has 120 valence electrons. The van der Waals surface area contributed by atoms with Gasteiger partial charge in [0.25, 0.3) is 0 Å². The zero-order valence-electron chi connectivity index (χ0n) is 13.3. The topological polar surface area (TPSA) is 58.6 Å². The molecule has 1 aromatic carbocycles. The van der Waals surface area contributed by atoms with Crippen molar-refractivity contribution in [2.24, 2.45) is 0 Å². The first-order chi connectivity index (χ1) is 10.6. The molecule has 5 heteroatoms. The van der Waals surface area contributed by atoms with Crippen molar-refractivity contribution in [3.05, 3.63) is 35.9 Å². The smallest absolute Gasteiger partial charge is 0.245 e. The van der Waals surface area contributed by atoms with Gasteiger partial charge in [0, 0.05) is 26.6 Å². The number of methoxy groups -OCH3 is 1. The molecular weight excluding hydrogens is 280 g/mol. The summed E-state index contributed by atoms with van der Waals surface area (Å²) in [4.78, 5) is 26.3. The van der Waals surface area contributed by atoms with Gasteiger partial charge in [-0.3, -0.25) is 9.59 Å². The van der Waals surface area contributed by atoms with Crippen LogP contribution in [0.1, 0.15) is 25.3 Å². The lowest BCUT2D eigenvalue weighted by molar-refractivity contribution is -0.140.